The molecule has 5 heteroatoms. The third-order valence-corrected chi connectivity index (χ3v) is 2.71. The molecule has 1 heterocycles. The number of nitrogens with zero attached hydrogens (tertiary/aromatic N) is 2. The van der Waals surface area contributed by atoms with Crippen molar-refractivity contribution in [1.29, 1.82) is 0 Å². The summed E-state index contributed by atoms with van der Waals surface area (Å²) in [6.07, 6.45) is 3.14. The molecule has 0 aliphatic heterocycles. The highest BCUT2D eigenvalue weighted by atomic mass is 16.5. The van der Waals surface area contributed by atoms with Crippen molar-refractivity contribution >= 4 is 5.82 Å². The first-order chi connectivity index (χ1) is 9.65. The van der Waals surface area contributed by atoms with Crippen LogP contribution < -0.4 is 10.1 Å². The van der Waals surface area contributed by atoms with Crippen LogP contribution in [0.2, 0.25) is 0 Å². The Hall–Kier alpha value is -1.36. The third-order valence-electron chi connectivity index (χ3n) is 2.71. The molecule has 0 aromatic carbocycles. The van der Waals surface area contributed by atoms with Gasteiger partial charge in [0.1, 0.15) is 18.2 Å². The summed E-state index contributed by atoms with van der Waals surface area (Å²) >= 11 is 0. The van der Waals surface area contributed by atoms with Gasteiger partial charge in [-0.3, -0.25) is 0 Å². The minimum atomic E-state index is 0.503. The summed E-state index contributed by atoms with van der Waals surface area (Å²) < 4.78 is 10.6. The van der Waals surface area contributed by atoms with Gasteiger partial charge in [0.25, 0.3) is 0 Å². The van der Waals surface area contributed by atoms with Crippen LogP contribution in [0.3, 0.4) is 0 Å². The van der Waals surface area contributed by atoms with Crippen molar-refractivity contribution in [2.45, 2.75) is 40.0 Å². The van der Waals surface area contributed by atoms with E-state index in [9.17, 15) is 0 Å². The SMILES string of the molecule is CCCCNc1cc(OCCOC)nc(CC(C)C)n1. The molecule has 0 radical (unpaired) electrons. The lowest BCUT2D eigenvalue weighted by Gasteiger charge is -2.11. The van der Waals surface area contributed by atoms with E-state index in [4.69, 9.17) is 9.47 Å². The van der Waals surface area contributed by atoms with Crippen LogP contribution in [0, 0.1) is 5.92 Å². The van der Waals surface area contributed by atoms with Gasteiger partial charge in [-0.05, 0) is 12.3 Å². The van der Waals surface area contributed by atoms with Gasteiger partial charge in [-0.25, -0.2) is 4.98 Å². The first-order valence-corrected chi connectivity index (χ1v) is 7.39. The molecule has 20 heavy (non-hydrogen) atoms. The number of methoxy groups -OCH3 is 1. The second-order valence-corrected chi connectivity index (χ2v) is 5.23. The Balaban J connectivity index is 2.72. The van der Waals surface area contributed by atoms with Crippen LogP contribution in [-0.2, 0) is 11.2 Å². The van der Waals surface area contributed by atoms with Crippen molar-refractivity contribution in [3.63, 3.8) is 0 Å². The quantitative estimate of drug-likeness (QED) is 0.668. The van der Waals surface area contributed by atoms with Gasteiger partial charge >= 0.3 is 0 Å². The van der Waals surface area contributed by atoms with Crippen LogP contribution in [-0.4, -0.2) is 36.8 Å². The fourth-order valence-electron chi connectivity index (χ4n) is 1.72. The number of anilines is 1. The minimum Gasteiger partial charge on any atom is -0.475 e. The third kappa shape index (κ3) is 6.70. The first kappa shape index (κ1) is 16.7. The molecule has 0 saturated heterocycles. The standard InChI is InChI=1S/C15H27N3O2/c1-5-6-7-16-13-11-15(20-9-8-19-4)18-14(17-13)10-12(2)3/h11-12H,5-10H2,1-4H3,(H,16,17,18). The Kier molecular flexibility index (Phi) is 7.95. The number of aromatic nitrogens is 2. The van der Waals surface area contributed by atoms with Crippen molar-refractivity contribution in [3.05, 3.63) is 11.9 Å². The molecule has 5 nitrogen and oxygen atoms in total. The van der Waals surface area contributed by atoms with Gasteiger partial charge in [-0.2, -0.15) is 4.98 Å². The summed E-state index contributed by atoms with van der Waals surface area (Å²) in [5.74, 6) is 2.81. The zero-order valence-electron chi connectivity index (χ0n) is 13.1. The van der Waals surface area contributed by atoms with Crippen LogP contribution >= 0.6 is 0 Å². The van der Waals surface area contributed by atoms with E-state index in [0.29, 0.717) is 25.0 Å². The largest absolute Gasteiger partial charge is 0.475 e. The predicted octanol–water partition coefficient (Wildman–Crippen LogP) is 2.91. The minimum absolute atomic E-state index is 0.503. The molecule has 0 bridgehead atoms. The van der Waals surface area contributed by atoms with Gasteiger partial charge < -0.3 is 14.8 Å². The fourth-order valence-corrected chi connectivity index (χ4v) is 1.72. The van der Waals surface area contributed by atoms with E-state index in [1.807, 2.05) is 6.07 Å². The van der Waals surface area contributed by atoms with Gasteiger partial charge in [0, 0.05) is 26.1 Å². The molecule has 1 aromatic rings. The Morgan fingerprint density at radius 1 is 1.25 bits per heavy atom. The van der Waals surface area contributed by atoms with Crippen LogP contribution in [0.1, 0.15) is 39.4 Å². The Bertz CT molecular complexity index is 355. The number of unbranched alkanes of at least 4 members (excludes halogenated alkanes) is 1. The molecule has 1 aromatic heterocycles. The Labute approximate surface area is 122 Å². The van der Waals surface area contributed by atoms with Gasteiger partial charge in [-0.15, -0.1) is 0 Å². The van der Waals surface area contributed by atoms with Crippen molar-refractivity contribution < 1.29 is 9.47 Å². The monoisotopic (exact) mass is 281 g/mol. The molecule has 1 N–H and O–H groups in total. The molecule has 0 aliphatic rings. The van der Waals surface area contributed by atoms with E-state index >= 15 is 0 Å². The number of nitrogens with one attached hydrogen (secondary N) is 1. The van der Waals surface area contributed by atoms with Crippen molar-refractivity contribution in [2.75, 3.05) is 32.2 Å². The topological polar surface area (TPSA) is 56.3 Å². The number of rotatable bonds is 10. The maximum atomic E-state index is 5.60. The summed E-state index contributed by atoms with van der Waals surface area (Å²) in [6, 6.07) is 1.86. The van der Waals surface area contributed by atoms with Gasteiger partial charge in [0.05, 0.1) is 6.61 Å². The van der Waals surface area contributed by atoms with E-state index < -0.39 is 0 Å². The molecule has 0 spiro atoms. The van der Waals surface area contributed by atoms with Crippen molar-refractivity contribution in [3.8, 4) is 5.88 Å². The average Bonchev–Trinajstić information content (AvgIpc) is 2.38. The molecule has 0 fully saturated rings. The molecule has 0 saturated carbocycles. The fraction of sp³-hybridized carbons (Fsp3) is 0.733. The highest BCUT2D eigenvalue weighted by Crippen LogP contribution is 2.16. The highest BCUT2D eigenvalue weighted by Gasteiger charge is 2.07. The average molecular weight is 281 g/mol. The maximum absolute atomic E-state index is 5.60. The molecule has 0 unspecified atom stereocenters. The lowest BCUT2D eigenvalue weighted by atomic mass is 10.1. The van der Waals surface area contributed by atoms with Crippen LogP contribution in [0.5, 0.6) is 5.88 Å². The van der Waals surface area contributed by atoms with Crippen LogP contribution in [0.4, 0.5) is 5.82 Å². The maximum Gasteiger partial charge on any atom is 0.218 e. The van der Waals surface area contributed by atoms with Crippen LogP contribution in [0.25, 0.3) is 0 Å². The van der Waals surface area contributed by atoms with Gasteiger partial charge in [0.15, 0.2) is 0 Å². The predicted molar refractivity (Wildman–Crippen MR) is 81.3 cm³/mol. The second-order valence-electron chi connectivity index (χ2n) is 5.23. The van der Waals surface area contributed by atoms with E-state index in [-0.39, 0.29) is 0 Å². The summed E-state index contributed by atoms with van der Waals surface area (Å²) in [4.78, 5) is 8.98. The summed E-state index contributed by atoms with van der Waals surface area (Å²) in [5.41, 5.74) is 0. The Morgan fingerprint density at radius 3 is 2.70 bits per heavy atom. The lowest BCUT2D eigenvalue weighted by molar-refractivity contribution is 0.143. The van der Waals surface area contributed by atoms with E-state index in [2.05, 4.69) is 36.1 Å². The molecule has 114 valence electrons. The molecular weight excluding hydrogens is 254 g/mol. The summed E-state index contributed by atoms with van der Waals surface area (Å²) in [5, 5.41) is 3.33. The summed E-state index contributed by atoms with van der Waals surface area (Å²) in [7, 11) is 1.66. The van der Waals surface area contributed by atoms with E-state index in [0.717, 1.165) is 37.4 Å². The Morgan fingerprint density at radius 2 is 2.05 bits per heavy atom. The molecular formula is C15H27N3O2. The molecule has 1 rings (SSSR count). The molecule has 0 atom stereocenters. The number of hydrogen-bond acceptors (Lipinski definition) is 5. The second kappa shape index (κ2) is 9.53. The van der Waals surface area contributed by atoms with Crippen molar-refractivity contribution in [2.24, 2.45) is 5.92 Å². The van der Waals surface area contributed by atoms with Gasteiger partial charge in [0.2, 0.25) is 5.88 Å². The molecule has 0 amide bonds. The van der Waals surface area contributed by atoms with E-state index in [1.54, 1.807) is 7.11 Å². The number of ether oxygens (including phenoxy) is 2. The molecule has 0 aliphatic carbocycles. The van der Waals surface area contributed by atoms with Crippen molar-refractivity contribution in [1.82, 2.24) is 9.97 Å². The highest BCUT2D eigenvalue weighted by molar-refractivity contribution is 5.38. The number of hydrogen-bond donors (Lipinski definition) is 1. The van der Waals surface area contributed by atoms with Crippen LogP contribution in [0.15, 0.2) is 6.07 Å². The zero-order valence-corrected chi connectivity index (χ0v) is 13.1. The van der Waals surface area contributed by atoms with Gasteiger partial charge in [-0.1, -0.05) is 27.2 Å². The lowest BCUT2D eigenvalue weighted by Crippen LogP contribution is -2.11. The summed E-state index contributed by atoms with van der Waals surface area (Å²) in [6.45, 7) is 8.47. The smallest absolute Gasteiger partial charge is 0.218 e. The first-order valence-electron chi connectivity index (χ1n) is 7.39. The zero-order chi connectivity index (χ0) is 14.8. The normalized spacial score (nSPS) is 10.8. The van der Waals surface area contributed by atoms with E-state index in [1.165, 1.54) is 0 Å².